The summed E-state index contributed by atoms with van der Waals surface area (Å²) in [5, 5.41) is 16.6. The number of fused-ring (bicyclic) bond motifs is 1. The smallest absolute Gasteiger partial charge is 0.257 e. The monoisotopic (exact) mass is 331 g/mol. The van der Waals surface area contributed by atoms with Crippen molar-refractivity contribution < 1.29 is 9.90 Å². The molecule has 1 aliphatic heterocycles. The molecule has 1 saturated heterocycles. The quantitative estimate of drug-likeness (QED) is 0.740. The second-order valence-electron chi connectivity index (χ2n) is 6.33. The minimum atomic E-state index is -0.115. The molecule has 3 rings (SSSR count). The van der Waals surface area contributed by atoms with Crippen LogP contribution in [-0.2, 0) is 0 Å². The van der Waals surface area contributed by atoms with Crippen molar-refractivity contribution in [2.24, 2.45) is 0 Å². The molecule has 7 heteroatoms. The summed E-state index contributed by atoms with van der Waals surface area (Å²) in [6.45, 7) is 4.77. The highest BCUT2D eigenvalue weighted by atomic mass is 16.3. The number of hydrogen-bond acceptors (Lipinski definition) is 5. The summed E-state index contributed by atoms with van der Waals surface area (Å²) in [4.78, 5) is 19.0. The van der Waals surface area contributed by atoms with Crippen LogP contribution < -0.4 is 5.32 Å². The first-order chi connectivity index (χ1) is 11.7. The van der Waals surface area contributed by atoms with Gasteiger partial charge in [0.25, 0.3) is 5.91 Å². The number of aliphatic hydroxyl groups excluding tert-OH is 1. The Bertz CT molecular complexity index is 699. The van der Waals surface area contributed by atoms with Crippen LogP contribution in [0, 0.1) is 6.92 Å². The lowest BCUT2D eigenvalue weighted by atomic mass is 10.2. The van der Waals surface area contributed by atoms with Gasteiger partial charge in [-0.05, 0) is 51.8 Å². The minimum Gasteiger partial charge on any atom is -0.395 e. The van der Waals surface area contributed by atoms with Crippen molar-refractivity contribution in [2.45, 2.75) is 38.6 Å². The lowest BCUT2D eigenvalue weighted by molar-refractivity contribution is 0.0953. The Hall–Kier alpha value is -1.99. The topological polar surface area (TPSA) is 82.8 Å². The molecule has 2 aromatic heterocycles. The summed E-state index contributed by atoms with van der Waals surface area (Å²) in [7, 11) is 0. The van der Waals surface area contributed by atoms with E-state index in [9.17, 15) is 9.90 Å². The number of carbonyl (C=O) groups is 1. The lowest BCUT2D eigenvalue weighted by Gasteiger charge is -2.22. The first kappa shape index (κ1) is 16.9. The van der Waals surface area contributed by atoms with E-state index >= 15 is 0 Å². The number of hydrogen-bond donors (Lipinski definition) is 2. The van der Waals surface area contributed by atoms with Crippen molar-refractivity contribution in [2.75, 3.05) is 26.2 Å². The second-order valence-corrected chi connectivity index (χ2v) is 6.33. The van der Waals surface area contributed by atoms with Gasteiger partial charge in [0.05, 0.1) is 12.3 Å². The molecule has 24 heavy (non-hydrogen) atoms. The SMILES string of the molecule is Cc1nn2cccnc2c1C(=O)NCCCCN1CCCC1CO. The molecule has 0 saturated carbocycles. The van der Waals surface area contributed by atoms with Gasteiger partial charge in [0.2, 0.25) is 0 Å². The molecular weight excluding hydrogens is 306 g/mol. The Morgan fingerprint density at radius 2 is 2.33 bits per heavy atom. The predicted octanol–water partition coefficient (Wildman–Crippen LogP) is 1.00. The van der Waals surface area contributed by atoms with Crippen molar-refractivity contribution in [1.29, 1.82) is 0 Å². The number of unbranched alkanes of at least 4 members (excludes halogenated alkanes) is 1. The summed E-state index contributed by atoms with van der Waals surface area (Å²) < 4.78 is 1.63. The number of aromatic nitrogens is 3. The Morgan fingerprint density at radius 1 is 1.46 bits per heavy atom. The van der Waals surface area contributed by atoms with E-state index in [1.807, 2.05) is 6.92 Å². The molecule has 1 fully saturated rings. The van der Waals surface area contributed by atoms with Gasteiger partial charge in [-0.3, -0.25) is 9.69 Å². The number of amides is 1. The van der Waals surface area contributed by atoms with Crippen molar-refractivity contribution in [1.82, 2.24) is 24.8 Å². The maximum Gasteiger partial charge on any atom is 0.257 e. The van der Waals surface area contributed by atoms with Crippen LogP contribution >= 0.6 is 0 Å². The summed E-state index contributed by atoms with van der Waals surface area (Å²) in [5.41, 5.74) is 1.83. The standard InChI is InChI=1S/C17H25N5O2/c1-13-15(16-18-8-5-11-22(16)20-13)17(24)19-7-2-3-9-21-10-4-6-14(21)12-23/h5,8,11,14,23H,2-4,6-7,9-10,12H2,1H3,(H,19,24). The highest BCUT2D eigenvalue weighted by molar-refractivity contribution is 6.00. The van der Waals surface area contributed by atoms with Gasteiger partial charge in [-0.15, -0.1) is 0 Å². The van der Waals surface area contributed by atoms with Gasteiger partial charge < -0.3 is 10.4 Å². The number of nitrogens with one attached hydrogen (secondary N) is 1. The van der Waals surface area contributed by atoms with Crippen molar-refractivity contribution in [3.63, 3.8) is 0 Å². The van der Waals surface area contributed by atoms with E-state index in [1.165, 1.54) is 6.42 Å². The van der Waals surface area contributed by atoms with E-state index in [1.54, 1.807) is 23.0 Å². The van der Waals surface area contributed by atoms with Gasteiger partial charge in [-0.1, -0.05) is 0 Å². The van der Waals surface area contributed by atoms with E-state index in [-0.39, 0.29) is 12.5 Å². The average molecular weight is 331 g/mol. The second kappa shape index (κ2) is 7.72. The molecule has 1 aliphatic rings. The number of rotatable bonds is 7. The largest absolute Gasteiger partial charge is 0.395 e. The summed E-state index contributed by atoms with van der Waals surface area (Å²) in [6.07, 6.45) is 7.66. The van der Waals surface area contributed by atoms with E-state index in [4.69, 9.17) is 0 Å². The molecule has 1 unspecified atom stereocenters. The normalized spacial score (nSPS) is 18.3. The average Bonchev–Trinajstić information content (AvgIpc) is 3.17. The van der Waals surface area contributed by atoms with Gasteiger partial charge in [-0.2, -0.15) is 5.10 Å². The fourth-order valence-corrected chi connectivity index (χ4v) is 3.39. The summed E-state index contributed by atoms with van der Waals surface area (Å²) in [5.74, 6) is -0.115. The van der Waals surface area contributed by atoms with Gasteiger partial charge in [0.1, 0.15) is 5.56 Å². The van der Waals surface area contributed by atoms with E-state index < -0.39 is 0 Å². The van der Waals surface area contributed by atoms with Crippen LogP contribution in [0.2, 0.25) is 0 Å². The summed E-state index contributed by atoms with van der Waals surface area (Å²) in [6, 6.07) is 2.12. The molecule has 1 atom stereocenters. The van der Waals surface area contributed by atoms with Crippen LogP contribution in [0.5, 0.6) is 0 Å². The molecule has 0 aromatic carbocycles. The molecule has 0 spiro atoms. The van der Waals surface area contributed by atoms with Crippen LogP contribution in [0.25, 0.3) is 5.65 Å². The van der Waals surface area contributed by atoms with Crippen molar-refractivity contribution >= 4 is 11.6 Å². The van der Waals surface area contributed by atoms with Crippen LogP contribution in [0.15, 0.2) is 18.5 Å². The molecule has 2 N–H and O–H groups in total. The zero-order valence-corrected chi connectivity index (χ0v) is 14.1. The number of aliphatic hydroxyl groups is 1. The molecular formula is C17H25N5O2. The molecule has 0 bridgehead atoms. The molecule has 0 radical (unpaired) electrons. The maximum atomic E-state index is 12.4. The number of carbonyl (C=O) groups excluding carboxylic acids is 1. The molecule has 1 amide bonds. The Labute approximate surface area is 141 Å². The molecule has 0 aliphatic carbocycles. The molecule has 7 nitrogen and oxygen atoms in total. The van der Waals surface area contributed by atoms with Crippen LogP contribution in [-0.4, -0.2) is 62.8 Å². The Morgan fingerprint density at radius 3 is 3.17 bits per heavy atom. The van der Waals surface area contributed by atoms with Gasteiger partial charge >= 0.3 is 0 Å². The zero-order valence-electron chi connectivity index (χ0n) is 14.1. The third-order valence-corrected chi connectivity index (χ3v) is 4.66. The predicted molar refractivity (Wildman–Crippen MR) is 91.0 cm³/mol. The van der Waals surface area contributed by atoms with Crippen molar-refractivity contribution in [3.8, 4) is 0 Å². The molecule has 130 valence electrons. The van der Waals surface area contributed by atoms with Gasteiger partial charge in [0.15, 0.2) is 5.65 Å². The first-order valence-corrected chi connectivity index (χ1v) is 8.63. The van der Waals surface area contributed by atoms with Crippen LogP contribution in [0.3, 0.4) is 0 Å². The fourth-order valence-electron chi connectivity index (χ4n) is 3.39. The van der Waals surface area contributed by atoms with Gasteiger partial charge in [-0.25, -0.2) is 9.50 Å². The zero-order chi connectivity index (χ0) is 16.9. The third-order valence-electron chi connectivity index (χ3n) is 4.66. The van der Waals surface area contributed by atoms with E-state index in [2.05, 4.69) is 20.3 Å². The lowest BCUT2D eigenvalue weighted by Crippen LogP contribution is -2.33. The number of likely N-dealkylation sites (tertiary alicyclic amines) is 1. The number of aryl methyl sites for hydroxylation is 1. The highest BCUT2D eigenvalue weighted by Gasteiger charge is 2.22. The van der Waals surface area contributed by atoms with Gasteiger partial charge in [0, 0.05) is 25.0 Å². The first-order valence-electron chi connectivity index (χ1n) is 8.63. The molecule has 2 aromatic rings. The Kier molecular flexibility index (Phi) is 5.42. The Balaban J connectivity index is 1.46. The third kappa shape index (κ3) is 3.57. The number of nitrogens with zero attached hydrogens (tertiary/aromatic N) is 4. The van der Waals surface area contributed by atoms with Crippen LogP contribution in [0.4, 0.5) is 0 Å². The van der Waals surface area contributed by atoms with Crippen molar-refractivity contribution in [3.05, 3.63) is 29.7 Å². The van der Waals surface area contributed by atoms with E-state index in [0.717, 1.165) is 32.4 Å². The summed E-state index contributed by atoms with van der Waals surface area (Å²) >= 11 is 0. The fraction of sp³-hybridized carbons (Fsp3) is 0.588. The highest BCUT2D eigenvalue weighted by Crippen LogP contribution is 2.17. The maximum absolute atomic E-state index is 12.4. The molecule has 3 heterocycles. The van der Waals surface area contributed by atoms with Crippen LogP contribution in [0.1, 0.15) is 41.7 Å². The van der Waals surface area contributed by atoms with E-state index in [0.29, 0.717) is 29.5 Å². The minimum absolute atomic E-state index is 0.115.